The second kappa shape index (κ2) is 9.57. The number of benzene rings is 2. The van der Waals surface area contributed by atoms with E-state index in [4.69, 9.17) is 0 Å². The summed E-state index contributed by atoms with van der Waals surface area (Å²) in [5.74, 6) is -1.25. The number of carbonyl (C=O) groups is 3. The maximum atomic E-state index is 13.5. The Balaban J connectivity index is 1.49. The summed E-state index contributed by atoms with van der Waals surface area (Å²) in [7, 11) is 0. The quantitative estimate of drug-likeness (QED) is 0.410. The number of hydrogen-bond acceptors (Lipinski definition) is 6. The van der Waals surface area contributed by atoms with Crippen molar-refractivity contribution >= 4 is 23.4 Å². The van der Waals surface area contributed by atoms with Crippen molar-refractivity contribution in [3.05, 3.63) is 94.3 Å². The minimum atomic E-state index is -0.513. The van der Waals surface area contributed by atoms with Crippen molar-refractivity contribution in [2.45, 2.75) is 26.9 Å². The van der Waals surface area contributed by atoms with Crippen LogP contribution in [0.5, 0.6) is 0 Å². The van der Waals surface area contributed by atoms with E-state index < -0.39 is 11.8 Å². The lowest BCUT2D eigenvalue weighted by molar-refractivity contribution is 0.0940. The van der Waals surface area contributed by atoms with Crippen molar-refractivity contribution in [3.8, 4) is 0 Å². The Morgan fingerprint density at radius 3 is 2.32 bits per heavy atom. The van der Waals surface area contributed by atoms with Crippen molar-refractivity contribution in [1.82, 2.24) is 30.2 Å². The van der Waals surface area contributed by atoms with Gasteiger partial charge in [0.1, 0.15) is 23.5 Å². The van der Waals surface area contributed by atoms with E-state index >= 15 is 0 Å². The molecule has 172 valence electrons. The molecule has 2 N–H and O–H groups in total. The Morgan fingerprint density at radius 1 is 0.941 bits per heavy atom. The highest BCUT2D eigenvalue weighted by Crippen LogP contribution is 2.11. The van der Waals surface area contributed by atoms with Crippen molar-refractivity contribution in [2.75, 3.05) is 0 Å². The maximum absolute atomic E-state index is 13.5. The summed E-state index contributed by atoms with van der Waals surface area (Å²) in [6.45, 7) is 3.50. The van der Waals surface area contributed by atoms with Gasteiger partial charge < -0.3 is 10.6 Å². The van der Waals surface area contributed by atoms with Gasteiger partial charge in [0, 0.05) is 24.7 Å². The van der Waals surface area contributed by atoms with Crippen LogP contribution in [0.25, 0.3) is 5.78 Å². The smallest absolute Gasteiger partial charge is 0.270 e. The third-order valence-corrected chi connectivity index (χ3v) is 5.21. The molecule has 2 aromatic carbocycles. The zero-order valence-electron chi connectivity index (χ0n) is 18.5. The van der Waals surface area contributed by atoms with Gasteiger partial charge in [-0.15, -0.1) is 0 Å². The molecule has 4 rings (SSSR count). The minimum Gasteiger partial charge on any atom is -0.347 e. The molecule has 0 bridgehead atoms. The summed E-state index contributed by atoms with van der Waals surface area (Å²) in [6, 6.07) is 12.8. The van der Waals surface area contributed by atoms with E-state index in [0.29, 0.717) is 11.1 Å². The maximum Gasteiger partial charge on any atom is 0.270 e. The zero-order valence-corrected chi connectivity index (χ0v) is 18.5. The van der Waals surface area contributed by atoms with Crippen LogP contribution in [0, 0.1) is 12.7 Å². The molecule has 0 saturated carbocycles. The average molecular weight is 460 g/mol. The molecule has 0 fully saturated rings. The minimum absolute atomic E-state index is 0.00436. The second-order valence-corrected chi connectivity index (χ2v) is 7.70. The number of ketones is 1. The first kappa shape index (κ1) is 22.7. The number of fused-ring (bicyclic) bond motifs is 1. The summed E-state index contributed by atoms with van der Waals surface area (Å²) in [5.41, 5.74) is 2.67. The highest BCUT2D eigenvalue weighted by atomic mass is 19.1. The van der Waals surface area contributed by atoms with Gasteiger partial charge in [-0.3, -0.25) is 14.4 Å². The van der Waals surface area contributed by atoms with Crippen LogP contribution in [-0.4, -0.2) is 37.2 Å². The first-order valence-corrected chi connectivity index (χ1v) is 10.4. The van der Waals surface area contributed by atoms with E-state index in [2.05, 4.69) is 25.7 Å². The Labute approximate surface area is 194 Å². The summed E-state index contributed by atoms with van der Waals surface area (Å²) < 4.78 is 14.7. The monoisotopic (exact) mass is 460 g/mol. The summed E-state index contributed by atoms with van der Waals surface area (Å²) in [5, 5.41) is 9.51. The summed E-state index contributed by atoms with van der Waals surface area (Å²) in [6.07, 6.45) is 1.24. The van der Waals surface area contributed by atoms with Gasteiger partial charge >= 0.3 is 0 Å². The normalized spacial score (nSPS) is 10.8. The fraction of sp³-hybridized carbons (Fsp3) is 0.167. The molecule has 0 aliphatic heterocycles. The lowest BCUT2D eigenvalue weighted by Crippen LogP contribution is -2.28. The molecule has 2 amide bonds. The van der Waals surface area contributed by atoms with E-state index in [1.165, 1.54) is 29.9 Å². The number of amides is 2. The largest absolute Gasteiger partial charge is 0.347 e. The molecule has 2 heterocycles. The standard InChI is InChI=1S/C24H21FN6O3/c1-14-9-17(5-8-19(14)25)12-26-22(33)20-10-21(31-24(30-20)28-13-29-31)23(34)27-11-16-3-6-18(7-4-16)15(2)32/h3-10,13H,11-12H2,1-2H3,(H,26,33)(H,27,34). The Bertz CT molecular complexity index is 1400. The molecule has 34 heavy (non-hydrogen) atoms. The van der Waals surface area contributed by atoms with Crippen LogP contribution >= 0.6 is 0 Å². The SMILES string of the molecule is CC(=O)c1ccc(CNC(=O)c2cc(C(=O)NCc3ccc(F)c(C)c3)nc3ncnn23)cc1. The molecule has 9 nitrogen and oxygen atoms in total. The van der Waals surface area contributed by atoms with Gasteiger partial charge in [-0.1, -0.05) is 36.4 Å². The predicted octanol–water partition coefficient (Wildman–Crippen LogP) is 2.63. The second-order valence-electron chi connectivity index (χ2n) is 7.70. The van der Waals surface area contributed by atoms with Crippen LogP contribution in [0.1, 0.15) is 54.9 Å². The molecule has 4 aromatic rings. The molecule has 0 atom stereocenters. The van der Waals surface area contributed by atoms with Crippen molar-refractivity contribution in [2.24, 2.45) is 0 Å². The number of rotatable bonds is 7. The third kappa shape index (κ3) is 4.96. The zero-order chi connectivity index (χ0) is 24.2. The molecule has 0 aliphatic rings. The molecule has 0 radical (unpaired) electrons. The molecule has 0 aliphatic carbocycles. The highest BCUT2D eigenvalue weighted by molar-refractivity contribution is 5.98. The number of aryl methyl sites for hydroxylation is 1. The van der Waals surface area contributed by atoms with Crippen LogP contribution in [0.4, 0.5) is 4.39 Å². The van der Waals surface area contributed by atoms with Crippen LogP contribution in [0.3, 0.4) is 0 Å². The Kier molecular flexibility index (Phi) is 6.39. The van der Waals surface area contributed by atoms with Gasteiger partial charge in [0.2, 0.25) is 0 Å². The summed E-state index contributed by atoms with van der Waals surface area (Å²) >= 11 is 0. The topological polar surface area (TPSA) is 118 Å². The van der Waals surface area contributed by atoms with E-state index in [9.17, 15) is 18.8 Å². The lowest BCUT2D eigenvalue weighted by atomic mass is 10.1. The van der Waals surface area contributed by atoms with Crippen LogP contribution in [0.15, 0.2) is 54.9 Å². The number of nitrogens with zero attached hydrogens (tertiary/aromatic N) is 4. The van der Waals surface area contributed by atoms with E-state index in [-0.39, 0.29) is 41.9 Å². The van der Waals surface area contributed by atoms with E-state index in [1.807, 2.05) is 0 Å². The van der Waals surface area contributed by atoms with Gasteiger partial charge in [-0.05, 0) is 36.6 Å². The van der Waals surface area contributed by atoms with Crippen molar-refractivity contribution in [1.29, 1.82) is 0 Å². The predicted molar refractivity (Wildman–Crippen MR) is 121 cm³/mol. The number of aromatic nitrogens is 4. The number of Topliss-reactive ketones (excluding diaryl/α,β-unsaturated/α-hetero) is 1. The van der Waals surface area contributed by atoms with E-state index in [1.54, 1.807) is 43.3 Å². The van der Waals surface area contributed by atoms with E-state index in [0.717, 1.165) is 11.1 Å². The number of nitrogens with one attached hydrogen (secondary N) is 2. The van der Waals surface area contributed by atoms with Crippen molar-refractivity contribution < 1.29 is 18.8 Å². The number of halogens is 1. The molecular weight excluding hydrogens is 439 g/mol. The molecule has 0 saturated heterocycles. The molecule has 0 spiro atoms. The van der Waals surface area contributed by atoms with Gasteiger partial charge in [-0.2, -0.15) is 14.6 Å². The average Bonchev–Trinajstić information content (AvgIpc) is 3.31. The van der Waals surface area contributed by atoms with Gasteiger partial charge in [0.25, 0.3) is 17.6 Å². The van der Waals surface area contributed by atoms with Gasteiger partial charge in [0.05, 0.1) is 0 Å². The number of hydrogen-bond donors (Lipinski definition) is 2. The number of carbonyl (C=O) groups excluding carboxylic acids is 3. The van der Waals surface area contributed by atoms with Crippen LogP contribution < -0.4 is 10.6 Å². The van der Waals surface area contributed by atoms with Crippen LogP contribution in [-0.2, 0) is 13.1 Å². The third-order valence-electron chi connectivity index (χ3n) is 5.21. The molecular formula is C24H21FN6O3. The Hall–Kier alpha value is -4.47. The lowest BCUT2D eigenvalue weighted by Gasteiger charge is -2.10. The summed E-state index contributed by atoms with van der Waals surface area (Å²) in [4.78, 5) is 45.2. The first-order valence-electron chi connectivity index (χ1n) is 10.4. The first-order chi connectivity index (χ1) is 16.3. The molecule has 2 aromatic heterocycles. The van der Waals surface area contributed by atoms with Gasteiger partial charge in [0.15, 0.2) is 5.78 Å². The molecule has 0 unspecified atom stereocenters. The Morgan fingerprint density at radius 2 is 1.62 bits per heavy atom. The fourth-order valence-electron chi connectivity index (χ4n) is 3.31. The van der Waals surface area contributed by atoms with Crippen molar-refractivity contribution in [3.63, 3.8) is 0 Å². The fourth-order valence-corrected chi connectivity index (χ4v) is 3.31. The van der Waals surface area contributed by atoms with Crippen LogP contribution in [0.2, 0.25) is 0 Å². The molecule has 10 heteroatoms. The van der Waals surface area contributed by atoms with Gasteiger partial charge in [-0.25, -0.2) is 9.37 Å². The highest BCUT2D eigenvalue weighted by Gasteiger charge is 2.18.